The van der Waals surface area contributed by atoms with Crippen LogP contribution in [0.15, 0.2) is 0 Å². The molecule has 25 heavy (non-hydrogen) atoms. The molecule has 0 unspecified atom stereocenters. The normalized spacial score (nSPS) is 40.3. The fourth-order valence-corrected chi connectivity index (χ4v) is 6.27. The van der Waals surface area contributed by atoms with Crippen molar-refractivity contribution in [1.29, 1.82) is 0 Å². The molecular formula is C20H36NO4+. The third kappa shape index (κ3) is 4.38. The van der Waals surface area contributed by atoms with Crippen LogP contribution in [-0.2, 0) is 14.2 Å². The number of rotatable bonds is 8. The molecule has 0 aromatic heterocycles. The van der Waals surface area contributed by atoms with Crippen LogP contribution in [0.2, 0.25) is 0 Å². The Hall–Kier alpha value is -0.200. The van der Waals surface area contributed by atoms with Gasteiger partial charge in [0.05, 0.1) is 45.7 Å². The lowest BCUT2D eigenvalue weighted by molar-refractivity contribution is -0.919. The van der Waals surface area contributed by atoms with E-state index in [1.165, 1.54) is 38.5 Å². The van der Waals surface area contributed by atoms with Crippen molar-refractivity contribution in [3.63, 3.8) is 0 Å². The zero-order valence-corrected chi connectivity index (χ0v) is 15.8. The molecule has 5 rings (SSSR count). The van der Waals surface area contributed by atoms with E-state index in [4.69, 9.17) is 14.2 Å². The van der Waals surface area contributed by atoms with Gasteiger partial charge in [-0.15, -0.1) is 0 Å². The number of aliphatic hydroxyl groups excluding tert-OH is 1. The maximum Gasteiger partial charge on any atom is 0.126 e. The number of likely N-dealkylation sites (N-methyl/N-ethyl adjacent to an activating group) is 1. The Labute approximate surface area is 152 Å². The van der Waals surface area contributed by atoms with Crippen LogP contribution in [0.4, 0.5) is 0 Å². The van der Waals surface area contributed by atoms with Gasteiger partial charge < -0.3 is 23.8 Å². The number of ether oxygens (including phenoxy) is 3. The van der Waals surface area contributed by atoms with Gasteiger partial charge in [-0.2, -0.15) is 0 Å². The summed E-state index contributed by atoms with van der Waals surface area (Å²) in [5, 5.41) is 10.3. The predicted octanol–water partition coefficient (Wildman–Crippen LogP) is 1.83. The van der Waals surface area contributed by atoms with E-state index in [1.807, 2.05) is 0 Å². The summed E-state index contributed by atoms with van der Waals surface area (Å²) in [6, 6.07) is 0. The second-order valence-corrected chi connectivity index (χ2v) is 9.54. The van der Waals surface area contributed by atoms with Crippen molar-refractivity contribution in [2.24, 2.45) is 17.8 Å². The van der Waals surface area contributed by atoms with Crippen molar-refractivity contribution < 1.29 is 23.8 Å². The van der Waals surface area contributed by atoms with Gasteiger partial charge in [0.15, 0.2) is 0 Å². The summed E-state index contributed by atoms with van der Waals surface area (Å²) >= 11 is 0. The lowest BCUT2D eigenvalue weighted by Gasteiger charge is -2.56. The summed E-state index contributed by atoms with van der Waals surface area (Å²) in [7, 11) is 2.20. The Bertz CT molecular complexity index is 414. The Morgan fingerprint density at radius 2 is 1.64 bits per heavy atom. The van der Waals surface area contributed by atoms with E-state index in [2.05, 4.69) is 7.05 Å². The molecule has 0 amide bonds. The average Bonchev–Trinajstić information content (AvgIpc) is 2.53. The van der Waals surface area contributed by atoms with Gasteiger partial charge in [-0.3, -0.25) is 0 Å². The van der Waals surface area contributed by atoms with Gasteiger partial charge in [0, 0.05) is 0 Å². The Morgan fingerprint density at radius 3 is 2.24 bits per heavy atom. The van der Waals surface area contributed by atoms with E-state index >= 15 is 0 Å². The first-order valence-electron chi connectivity index (χ1n) is 10.4. The number of quaternary nitrogens is 1. The van der Waals surface area contributed by atoms with Gasteiger partial charge in [-0.05, 0) is 56.3 Å². The fraction of sp³-hybridized carbons (Fsp3) is 1.00. The third-order valence-electron chi connectivity index (χ3n) is 7.13. The van der Waals surface area contributed by atoms with Crippen LogP contribution in [0.3, 0.4) is 0 Å². The molecule has 0 spiro atoms. The lowest BCUT2D eigenvalue weighted by atomic mass is 9.54. The fourth-order valence-electron chi connectivity index (χ4n) is 6.27. The molecule has 5 heteroatoms. The Morgan fingerprint density at radius 1 is 1.04 bits per heavy atom. The van der Waals surface area contributed by atoms with Crippen molar-refractivity contribution in [3.8, 4) is 0 Å². The summed E-state index contributed by atoms with van der Waals surface area (Å²) in [6.07, 6.45) is 7.79. The van der Waals surface area contributed by atoms with Crippen molar-refractivity contribution in [3.05, 3.63) is 0 Å². The van der Waals surface area contributed by atoms with Crippen LogP contribution in [0, 0.1) is 17.8 Å². The van der Waals surface area contributed by atoms with Crippen molar-refractivity contribution in [1.82, 2.24) is 0 Å². The van der Waals surface area contributed by atoms with Gasteiger partial charge in [-0.1, -0.05) is 0 Å². The quantitative estimate of drug-likeness (QED) is 0.534. The van der Waals surface area contributed by atoms with Gasteiger partial charge in [-0.25, -0.2) is 0 Å². The molecule has 1 aliphatic heterocycles. The molecule has 144 valence electrons. The summed E-state index contributed by atoms with van der Waals surface area (Å²) in [6.45, 7) is 5.99. The largest absolute Gasteiger partial charge is 0.385 e. The van der Waals surface area contributed by atoms with Crippen molar-refractivity contribution in [2.45, 2.75) is 50.2 Å². The van der Waals surface area contributed by atoms with Crippen LogP contribution in [0.1, 0.15) is 38.5 Å². The molecule has 5 nitrogen and oxygen atoms in total. The number of hydrogen-bond donors (Lipinski definition) is 1. The van der Waals surface area contributed by atoms with Crippen molar-refractivity contribution >= 4 is 0 Å². The summed E-state index contributed by atoms with van der Waals surface area (Å²) < 4.78 is 18.4. The molecule has 1 heterocycles. The highest BCUT2D eigenvalue weighted by molar-refractivity contribution is 5.03. The monoisotopic (exact) mass is 354 g/mol. The first-order chi connectivity index (χ1) is 12.0. The number of hydrogen-bond acceptors (Lipinski definition) is 4. The molecule has 4 aliphatic carbocycles. The number of aliphatic hydroxyl groups is 1. The summed E-state index contributed by atoms with van der Waals surface area (Å²) in [4.78, 5) is 0. The minimum absolute atomic E-state index is 0.170. The molecule has 1 N–H and O–H groups in total. The predicted molar refractivity (Wildman–Crippen MR) is 95.3 cm³/mol. The van der Waals surface area contributed by atoms with Gasteiger partial charge in [0.25, 0.3) is 0 Å². The molecular weight excluding hydrogens is 318 g/mol. The van der Waals surface area contributed by atoms with Crippen LogP contribution >= 0.6 is 0 Å². The average molecular weight is 355 g/mol. The molecule has 4 bridgehead atoms. The minimum Gasteiger partial charge on any atom is -0.385 e. The number of morpholine rings is 1. The second-order valence-electron chi connectivity index (χ2n) is 9.54. The smallest absolute Gasteiger partial charge is 0.126 e. The highest BCUT2D eigenvalue weighted by atomic mass is 16.5. The topological polar surface area (TPSA) is 47.9 Å². The molecule has 1 saturated heterocycles. The zero-order valence-electron chi connectivity index (χ0n) is 15.8. The standard InChI is InChI=1S/C20H36NO4/c1-21(2-4-23-5-3-21)14-19(22)15-24-6-7-25-20-11-16-8-17(12-20)10-18(9-16)13-20/h16-19,22H,2-15H2,1H3/q+1/t16?,17?,18?,19-,20?/m0/s1. The first-order valence-corrected chi connectivity index (χ1v) is 10.4. The van der Waals surface area contributed by atoms with Crippen LogP contribution in [0.5, 0.6) is 0 Å². The Balaban J connectivity index is 1.13. The van der Waals surface area contributed by atoms with Crippen molar-refractivity contribution in [2.75, 3.05) is 59.7 Å². The highest BCUT2D eigenvalue weighted by Crippen LogP contribution is 2.57. The Kier molecular flexibility index (Phi) is 5.40. The molecule has 4 saturated carbocycles. The van der Waals surface area contributed by atoms with Crippen LogP contribution in [-0.4, -0.2) is 81.0 Å². The van der Waals surface area contributed by atoms with E-state index in [9.17, 15) is 5.11 Å². The van der Waals surface area contributed by atoms with Gasteiger partial charge in [0.1, 0.15) is 25.7 Å². The zero-order chi connectivity index (χ0) is 17.3. The maximum absolute atomic E-state index is 10.3. The molecule has 0 radical (unpaired) electrons. The van der Waals surface area contributed by atoms with E-state index < -0.39 is 6.10 Å². The van der Waals surface area contributed by atoms with E-state index in [0.29, 0.717) is 19.8 Å². The molecule has 5 fully saturated rings. The molecule has 0 aromatic carbocycles. The van der Waals surface area contributed by atoms with E-state index in [-0.39, 0.29) is 5.60 Å². The van der Waals surface area contributed by atoms with Gasteiger partial charge in [0.2, 0.25) is 0 Å². The molecule has 5 aliphatic rings. The van der Waals surface area contributed by atoms with Crippen LogP contribution < -0.4 is 0 Å². The van der Waals surface area contributed by atoms with E-state index in [1.54, 1.807) is 0 Å². The SMILES string of the molecule is C[N+]1(C[C@H](O)COCCOC23CC4CC(CC(C4)C2)C3)CCOCC1. The molecule has 0 aromatic rings. The minimum atomic E-state index is -0.400. The first kappa shape index (κ1) is 18.2. The summed E-state index contributed by atoms with van der Waals surface area (Å²) in [5.41, 5.74) is 0.170. The van der Waals surface area contributed by atoms with Gasteiger partial charge >= 0.3 is 0 Å². The third-order valence-corrected chi connectivity index (χ3v) is 7.13. The summed E-state index contributed by atoms with van der Waals surface area (Å²) in [5.74, 6) is 2.77. The number of nitrogens with zero attached hydrogens (tertiary/aromatic N) is 1. The molecule has 1 atom stereocenters. The maximum atomic E-state index is 10.3. The van der Waals surface area contributed by atoms with E-state index in [0.717, 1.165) is 55.1 Å². The lowest BCUT2D eigenvalue weighted by Crippen LogP contribution is -2.55. The van der Waals surface area contributed by atoms with Crippen LogP contribution in [0.25, 0.3) is 0 Å². The second kappa shape index (κ2) is 7.43. The highest BCUT2D eigenvalue weighted by Gasteiger charge is 2.51.